The smallest absolute Gasteiger partial charge is 0.412 e. The fraction of sp³-hybridized carbons (Fsp3) is 0.545. The number of amides is 1. The van der Waals surface area contributed by atoms with Crippen molar-refractivity contribution in [3.63, 3.8) is 0 Å². The highest BCUT2D eigenvalue weighted by Gasteiger charge is 2.55. The lowest BCUT2D eigenvalue weighted by molar-refractivity contribution is -0.0668. The SMILES string of the molecule is CC(C)(C)OC(=O)N1[C@H]([C@@H](CC#C[Si](C)(C)C)O[Si](c2ccccc2)(c2ccccc2)C(C)(C)C)COC1(C)C. The fourth-order valence-corrected chi connectivity index (χ4v) is 10.7. The van der Waals surface area contributed by atoms with Gasteiger partial charge in [0.15, 0.2) is 0 Å². The molecular weight excluding hydrogens is 531 g/mol. The predicted molar refractivity (Wildman–Crippen MR) is 170 cm³/mol. The van der Waals surface area contributed by atoms with E-state index in [1.807, 2.05) is 46.8 Å². The molecule has 1 aliphatic heterocycles. The van der Waals surface area contributed by atoms with Crippen LogP contribution in [0.25, 0.3) is 0 Å². The van der Waals surface area contributed by atoms with Crippen LogP contribution in [0.3, 0.4) is 0 Å². The second-order valence-electron chi connectivity index (χ2n) is 14.3. The van der Waals surface area contributed by atoms with Gasteiger partial charge < -0.3 is 13.9 Å². The van der Waals surface area contributed by atoms with Gasteiger partial charge >= 0.3 is 6.09 Å². The maximum atomic E-state index is 13.7. The molecule has 218 valence electrons. The van der Waals surface area contributed by atoms with Crippen molar-refractivity contribution >= 4 is 32.9 Å². The standard InChI is InChI=1S/C33H49NO4Si2/c1-31(2,3)37-30(35)34-28(25-36-33(34,7)8)29(23-18-24-39(9,10)11)38-40(32(4,5)6,26-19-14-12-15-20-26)27-21-16-13-17-22-27/h12-17,19-22,28-29H,23,25H2,1-11H3/t28-,29+/m0/s1. The topological polar surface area (TPSA) is 48.0 Å². The Balaban J connectivity index is 2.22. The van der Waals surface area contributed by atoms with Gasteiger partial charge in [0.05, 0.1) is 18.8 Å². The molecule has 1 amide bonds. The van der Waals surface area contributed by atoms with E-state index in [9.17, 15) is 4.79 Å². The molecule has 3 rings (SSSR count). The second kappa shape index (κ2) is 11.9. The van der Waals surface area contributed by atoms with Gasteiger partial charge in [-0.05, 0) is 50.0 Å². The summed E-state index contributed by atoms with van der Waals surface area (Å²) < 4.78 is 19.8. The Morgan fingerprint density at radius 2 is 1.48 bits per heavy atom. The fourth-order valence-electron chi connectivity index (χ4n) is 5.36. The first-order chi connectivity index (χ1) is 18.4. The van der Waals surface area contributed by atoms with Crippen molar-refractivity contribution in [1.82, 2.24) is 4.90 Å². The van der Waals surface area contributed by atoms with E-state index in [1.165, 1.54) is 10.4 Å². The highest BCUT2D eigenvalue weighted by molar-refractivity contribution is 6.99. The summed E-state index contributed by atoms with van der Waals surface area (Å²) in [6, 6.07) is 20.8. The third-order valence-corrected chi connectivity index (χ3v) is 13.0. The van der Waals surface area contributed by atoms with Crippen LogP contribution in [0.5, 0.6) is 0 Å². The van der Waals surface area contributed by atoms with E-state index in [4.69, 9.17) is 13.9 Å². The first-order valence-electron chi connectivity index (χ1n) is 14.3. The maximum absolute atomic E-state index is 13.7. The summed E-state index contributed by atoms with van der Waals surface area (Å²) >= 11 is 0. The average Bonchev–Trinajstić information content (AvgIpc) is 3.14. The molecular formula is C33H49NO4Si2. The molecule has 40 heavy (non-hydrogen) atoms. The van der Waals surface area contributed by atoms with Crippen LogP contribution in [0.15, 0.2) is 60.7 Å². The monoisotopic (exact) mass is 579 g/mol. The number of ether oxygens (including phenoxy) is 2. The van der Waals surface area contributed by atoms with Gasteiger partial charge in [0.25, 0.3) is 8.32 Å². The van der Waals surface area contributed by atoms with Crippen LogP contribution in [0.1, 0.15) is 61.8 Å². The molecule has 1 fully saturated rings. The van der Waals surface area contributed by atoms with Crippen molar-refractivity contribution in [2.45, 2.75) is 110 Å². The van der Waals surface area contributed by atoms with Crippen molar-refractivity contribution < 1.29 is 18.7 Å². The molecule has 0 N–H and O–H groups in total. The quantitative estimate of drug-likeness (QED) is 0.287. The number of nitrogens with zero attached hydrogens (tertiary/aromatic N) is 1. The number of hydrogen-bond acceptors (Lipinski definition) is 4. The van der Waals surface area contributed by atoms with Gasteiger partial charge in [0, 0.05) is 6.42 Å². The minimum Gasteiger partial charge on any atom is -0.444 e. The lowest BCUT2D eigenvalue weighted by Gasteiger charge is -2.47. The highest BCUT2D eigenvalue weighted by Crippen LogP contribution is 2.40. The van der Waals surface area contributed by atoms with Gasteiger partial charge in [-0.15, -0.1) is 11.5 Å². The third kappa shape index (κ3) is 7.47. The Labute approximate surface area is 244 Å². The van der Waals surface area contributed by atoms with Crippen LogP contribution in [-0.4, -0.2) is 57.5 Å². The van der Waals surface area contributed by atoms with Gasteiger partial charge in [-0.25, -0.2) is 4.79 Å². The number of benzene rings is 2. The minimum atomic E-state index is -2.92. The molecule has 1 saturated heterocycles. The van der Waals surface area contributed by atoms with Gasteiger partial charge in [0.1, 0.15) is 19.4 Å². The lowest BCUT2D eigenvalue weighted by Crippen LogP contribution is -2.69. The Morgan fingerprint density at radius 3 is 1.90 bits per heavy atom. The molecule has 1 heterocycles. The summed E-state index contributed by atoms with van der Waals surface area (Å²) in [5.74, 6) is 3.49. The first kappa shape index (κ1) is 32.1. The zero-order valence-corrected chi connectivity index (χ0v) is 28.4. The van der Waals surface area contributed by atoms with Crippen LogP contribution in [0.2, 0.25) is 24.7 Å². The molecule has 0 saturated carbocycles. The molecule has 0 aromatic heterocycles. The Kier molecular flexibility index (Phi) is 9.52. The molecule has 0 radical (unpaired) electrons. The van der Waals surface area contributed by atoms with Gasteiger partial charge in [-0.1, -0.05) is 101 Å². The normalized spacial score (nSPS) is 18.6. The van der Waals surface area contributed by atoms with Crippen LogP contribution in [0, 0.1) is 11.5 Å². The summed E-state index contributed by atoms with van der Waals surface area (Å²) in [6.45, 7) is 23.4. The second-order valence-corrected chi connectivity index (χ2v) is 23.3. The molecule has 2 aromatic rings. The molecule has 5 nitrogen and oxygen atoms in total. The average molecular weight is 580 g/mol. The zero-order valence-electron chi connectivity index (χ0n) is 26.4. The third-order valence-electron chi connectivity index (χ3n) is 7.05. The number of carbonyl (C=O) groups excluding carboxylic acids is 1. The van der Waals surface area contributed by atoms with E-state index in [0.717, 1.165) is 0 Å². The van der Waals surface area contributed by atoms with Crippen molar-refractivity contribution in [2.75, 3.05) is 6.61 Å². The van der Waals surface area contributed by atoms with Crippen LogP contribution < -0.4 is 10.4 Å². The van der Waals surface area contributed by atoms with Crippen LogP contribution in [-0.2, 0) is 13.9 Å². The van der Waals surface area contributed by atoms with Gasteiger partial charge in [-0.2, -0.15) is 0 Å². The molecule has 0 aliphatic carbocycles. The van der Waals surface area contributed by atoms with E-state index in [0.29, 0.717) is 13.0 Å². The summed E-state index contributed by atoms with van der Waals surface area (Å²) in [7, 11) is -4.55. The van der Waals surface area contributed by atoms with Crippen molar-refractivity contribution in [3.05, 3.63) is 60.7 Å². The number of hydrogen-bond donors (Lipinski definition) is 0. The van der Waals surface area contributed by atoms with Gasteiger partial charge in [0.2, 0.25) is 0 Å². The molecule has 0 unspecified atom stereocenters. The molecule has 0 bridgehead atoms. The summed E-state index contributed by atoms with van der Waals surface area (Å²) in [4.78, 5) is 15.4. The van der Waals surface area contributed by atoms with Crippen molar-refractivity contribution in [1.29, 1.82) is 0 Å². The minimum absolute atomic E-state index is 0.216. The predicted octanol–water partition coefficient (Wildman–Crippen LogP) is 6.57. The summed E-state index contributed by atoms with van der Waals surface area (Å²) in [5.41, 5.74) is 2.06. The Hall–Kier alpha value is -2.38. The Bertz CT molecular complexity index is 1160. The molecule has 7 heteroatoms. The molecule has 0 spiro atoms. The molecule has 2 aromatic carbocycles. The van der Waals surface area contributed by atoms with E-state index in [2.05, 4.69) is 100 Å². The summed E-state index contributed by atoms with van der Waals surface area (Å²) in [5, 5.41) is 2.17. The largest absolute Gasteiger partial charge is 0.444 e. The van der Waals surface area contributed by atoms with Crippen LogP contribution >= 0.6 is 0 Å². The van der Waals surface area contributed by atoms with E-state index >= 15 is 0 Å². The maximum Gasteiger partial charge on any atom is 0.412 e. The van der Waals surface area contributed by atoms with Crippen molar-refractivity contribution in [3.8, 4) is 11.5 Å². The molecule has 2 atom stereocenters. The van der Waals surface area contributed by atoms with Crippen LogP contribution in [0.4, 0.5) is 4.79 Å². The number of carbonyl (C=O) groups is 1. The lowest BCUT2D eigenvalue weighted by atomic mass is 10.1. The number of rotatable bonds is 6. The molecule has 1 aliphatic rings. The Morgan fingerprint density at radius 1 is 0.975 bits per heavy atom. The van der Waals surface area contributed by atoms with Crippen molar-refractivity contribution in [2.24, 2.45) is 0 Å². The van der Waals surface area contributed by atoms with E-state index in [1.54, 1.807) is 4.90 Å². The van der Waals surface area contributed by atoms with E-state index < -0.39 is 33.8 Å². The van der Waals surface area contributed by atoms with E-state index in [-0.39, 0.29) is 17.2 Å². The summed E-state index contributed by atoms with van der Waals surface area (Å²) in [6.07, 6.45) is -0.281. The zero-order chi connectivity index (χ0) is 30.0. The first-order valence-corrected chi connectivity index (χ1v) is 19.7. The highest BCUT2D eigenvalue weighted by atomic mass is 28.4. The van der Waals surface area contributed by atoms with Gasteiger partial charge in [-0.3, -0.25) is 4.90 Å².